The fourth-order valence-corrected chi connectivity index (χ4v) is 2.16. The minimum absolute atomic E-state index is 0.192. The van der Waals surface area contributed by atoms with E-state index in [9.17, 15) is 5.11 Å². The predicted molar refractivity (Wildman–Crippen MR) is 67.3 cm³/mol. The molecule has 1 nitrogen and oxygen atoms in total. The van der Waals surface area contributed by atoms with Gasteiger partial charge in [-0.15, -0.1) is 0 Å². The van der Waals surface area contributed by atoms with Crippen LogP contribution in [0.2, 0.25) is 0 Å². The summed E-state index contributed by atoms with van der Waals surface area (Å²) in [7, 11) is 0. The Labute approximate surface area is 96.9 Å². The van der Waals surface area contributed by atoms with Gasteiger partial charge in [-0.3, -0.25) is 0 Å². The van der Waals surface area contributed by atoms with Crippen LogP contribution in [0.4, 0.5) is 0 Å². The first-order chi connectivity index (χ1) is 6.68. The fourth-order valence-electron chi connectivity index (χ4n) is 1.31. The van der Waals surface area contributed by atoms with Gasteiger partial charge in [0.1, 0.15) is 4.93 Å². The number of thioether (sulfide) groups is 1. The lowest BCUT2D eigenvalue weighted by molar-refractivity contribution is 0.179. The van der Waals surface area contributed by atoms with Gasteiger partial charge in [0.15, 0.2) is 0 Å². The molecule has 1 rings (SSSR count). The van der Waals surface area contributed by atoms with Gasteiger partial charge >= 0.3 is 0 Å². The molecule has 0 bridgehead atoms. The van der Waals surface area contributed by atoms with Crippen LogP contribution in [0.15, 0.2) is 29.2 Å². The van der Waals surface area contributed by atoms with Crippen LogP contribution in [-0.2, 0) is 5.41 Å². The maximum Gasteiger partial charge on any atom is 0.109 e. The molecule has 0 aliphatic rings. The van der Waals surface area contributed by atoms with Gasteiger partial charge in [0.05, 0.1) is 0 Å². The zero-order valence-corrected chi connectivity index (χ0v) is 11.0. The highest BCUT2D eigenvalue weighted by Crippen LogP contribution is 2.31. The average molecular weight is 224 g/mol. The van der Waals surface area contributed by atoms with E-state index in [-0.39, 0.29) is 5.41 Å². The lowest BCUT2D eigenvalue weighted by Crippen LogP contribution is -2.12. The van der Waals surface area contributed by atoms with Crippen LogP contribution in [0.3, 0.4) is 0 Å². The Morgan fingerprint density at radius 2 is 1.40 bits per heavy atom. The van der Waals surface area contributed by atoms with Gasteiger partial charge < -0.3 is 5.11 Å². The summed E-state index contributed by atoms with van der Waals surface area (Å²) in [6.07, 6.45) is 0. The summed E-state index contributed by atoms with van der Waals surface area (Å²) in [5, 5.41) is 9.66. The van der Waals surface area contributed by atoms with Crippen LogP contribution in [-0.4, -0.2) is 10.0 Å². The molecule has 0 atom stereocenters. The van der Waals surface area contributed by atoms with E-state index in [1.54, 1.807) is 13.8 Å². The maximum absolute atomic E-state index is 9.66. The third kappa shape index (κ3) is 4.27. The zero-order chi connectivity index (χ0) is 11.7. The molecule has 0 spiro atoms. The van der Waals surface area contributed by atoms with Gasteiger partial charge in [-0.1, -0.05) is 44.7 Å². The standard InChI is InChI=1S/C13H20OS/c1-12(2,3)10-6-8-11(9-7-10)15-13(4,5)14/h6-9,14H,1-5H3. The molecule has 0 radical (unpaired) electrons. The molecular weight excluding hydrogens is 204 g/mol. The highest BCUT2D eigenvalue weighted by Gasteiger charge is 2.16. The number of benzene rings is 1. The highest BCUT2D eigenvalue weighted by atomic mass is 32.2. The van der Waals surface area contributed by atoms with Crippen LogP contribution in [0.5, 0.6) is 0 Å². The second kappa shape index (κ2) is 4.18. The Morgan fingerprint density at radius 1 is 0.933 bits per heavy atom. The number of hydrogen-bond donors (Lipinski definition) is 1. The monoisotopic (exact) mass is 224 g/mol. The van der Waals surface area contributed by atoms with Crippen LogP contribution in [0.1, 0.15) is 40.2 Å². The molecule has 84 valence electrons. The molecule has 0 fully saturated rings. The molecule has 15 heavy (non-hydrogen) atoms. The second-order valence-electron chi connectivity index (χ2n) is 5.32. The van der Waals surface area contributed by atoms with Crippen molar-refractivity contribution in [2.45, 2.75) is 49.9 Å². The zero-order valence-electron chi connectivity index (χ0n) is 10.2. The number of aliphatic hydroxyl groups is 1. The molecule has 1 N–H and O–H groups in total. The third-order valence-electron chi connectivity index (χ3n) is 2.09. The van der Waals surface area contributed by atoms with Gasteiger partial charge in [-0.2, -0.15) is 0 Å². The largest absolute Gasteiger partial charge is 0.380 e. The molecule has 0 saturated carbocycles. The van der Waals surface area contributed by atoms with Crippen LogP contribution in [0, 0.1) is 0 Å². The minimum atomic E-state index is -0.705. The van der Waals surface area contributed by atoms with E-state index in [0.29, 0.717) is 0 Å². The van der Waals surface area contributed by atoms with Crippen molar-refractivity contribution in [3.8, 4) is 0 Å². The smallest absolute Gasteiger partial charge is 0.109 e. The van der Waals surface area contributed by atoms with E-state index in [1.807, 2.05) is 0 Å². The van der Waals surface area contributed by atoms with Crippen LogP contribution in [0.25, 0.3) is 0 Å². The first-order valence-corrected chi connectivity index (χ1v) is 6.02. The second-order valence-corrected chi connectivity index (χ2v) is 7.00. The Bertz CT molecular complexity index is 314. The molecule has 0 saturated heterocycles. The summed E-state index contributed by atoms with van der Waals surface area (Å²) in [5.41, 5.74) is 1.51. The molecule has 0 aromatic heterocycles. The van der Waals surface area contributed by atoms with Crippen molar-refractivity contribution in [1.82, 2.24) is 0 Å². The van der Waals surface area contributed by atoms with Gasteiger partial charge in [0, 0.05) is 4.90 Å². The van der Waals surface area contributed by atoms with E-state index in [0.717, 1.165) is 4.90 Å². The van der Waals surface area contributed by atoms with Crippen molar-refractivity contribution in [2.24, 2.45) is 0 Å². The van der Waals surface area contributed by atoms with Gasteiger partial charge in [0.25, 0.3) is 0 Å². The van der Waals surface area contributed by atoms with Crippen molar-refractivity contribution in [3.63, 3.8) is 0 Å². The van der Waals surface area contributed by atoms with Crippen molar-refractivity contribution in [2.75, 3.05) is 0 Å². The van der Waals surface area contributed by atoms with Crippen molar-refractivity contribution >= 4 is 11.8 Å². The summed E-state index contributed by atoms with van der Waals surface area (Å²) >= 11 is 1.48. The van der Waals surface area contributed by atoms with E-state index < -0.39 is 4.93 Å². The summed E-state index contributed by atoms with van der Waals surface area (Å²) in [6, 6.07) is 8.41. The first kappa shape index (κ1) is 12.6. The topological polar surface area (TPSA) is 20.2 Å². The number of hydrogen-bond acceptors (Lipinski definition) is 2. The summed E-state index contributed by atoms with van der Waals surface area (Å²) < 4.78 is 0. The molecule has 1 aromatic rings. The van der Waals surface area contributed by atoms with Gasteiger partial charge in [-0.25, -0.2) is 0 Å². The van der Waals surface area contributed by atoms with Crippen molar-refractivity contribution in [3.05, 3.63) is 29.8 Å². The van der Waals surface area contributed by atoms with Crippen LogP contribution >= 0.6 is 11.8 Å². The molecule has 1 aromatic carbocycles. The van der Waals surface area contributed by atoms with Crippen molar-refractivity contribution in [1.29, 1.82) is 0 Å². The quantitative estimate of drug-likeness (QED) is 0.609. The normalized spacial score (nSPS) is 12.9. The van der Waals surface area contributed by atoms with E-state index in [4.69, 9.17) is 0 Å². The van der Waals surface area contributed by atoms with Gasteiger partial charge in [0.2, 0.25) is 0 Å². The summed E-state index contributed by atoms with van der Waals surface area (Å²) in [6.45, 7) is 10.2. The van der Waals surface area contributed by atoms with Crippen molar-refractivity contribution < 1.29 is 5.11 Å². The number of rotatable bonds is 2. The fraction of sp³-hybridized carbons (Fsp3) is 0.538. The van der Waals surface area contributed by atoms with E-state index in [1.165, 1.54) is 17.3 Å². The Kier molecular flexibility index (Phi) is 3.51. The minimum Gasteiger partial charge on any atom is -0.380 e. The molecular formula is C13H20OS. The SMILES string of the molecule is CC(C)(O)Sc1ccc(C(C)(C)C)cc1. The summed E-state index contributed by atoms with van der Waals surface area (Å²) in [4.78, 5) is 0.402. The lowest BCUT2D eigenvalue weighted by atomic mass is 9.87. The molecule has 0 unspecified atom stereocenters. The molecule has 0 aliphatic heterocycles. The average Bonchev–Trinajstić information content (AvgIpc) is 2.00. The van der Waals surface area contributed by atoms with E-state index >= 15 is 0 Å². The Morgan fingerprint density at radius 3 is 1.73 bits per heavy atom. The predicted octanol–water partition coefficient (Wildman–Crippen LogP) is 3.80. The third-order valence-corrected chi connectivity index (χ3v) is 3.10. The molecule has 0 aliphatic carbocycles. The first-order valence-electron chi connectivity index (χ1n) is 5.20. The highest BCUT2D eigenvalue weighted by molar-refractivity contribution is 8.00. The van der Waals surface area contributed by atoms with E-state index in [2.05, 4.69) is 45.0 Å². The Balaban J connectivity index is 2.82. The molecule has 0 heterocycles. The summed E-state index contributed by atoms with van der Waals surface area (Å²) in [5.74, 6) is 0. The van der Waals surface area contributed by atoms with Crippen LogP contribution < -0.4 is 0 Å². The maximum atomic E-state index is 9.66. The Hall–Kier alpha value is -0.470. The van der Waals surface area contributed by atoms with Gasteiger partial charge in [-0.05, 0) is 37.0 Å². The lowest BCUT2D eigenvalue weighted by Gasteiger charge is -2.20. The molecule has 0 amide bonds. The molecule has 2 heteroatoms.